The molecule has 0 aromatic heterocycles. The fourth-order valence-corrected chi connectivity index (χ4v) is 3.29. The number of hydrogen-bond acceptors (Lipinski definition) is 4. The van der Waals surface area contributed by atoms with E-state index in [4.69, 9.17) is 4.74 Å². The monoisotopic (exact) mass is 331 g/mol. The molecule has 1 aromatic carbocycles. The zero-order valence-corrected chi connectivity index (χ0v) is 14.8. The van der Waals surface area contributed by atoms with Crippen LogP contribution in [0.1, 0.15) is 31.4 Å². The first-order valence-electron chi connectivity index (χ1n) is 9.04. The normalized spacial score (nSPS) is 20.0. The van der Waals surface area contributed by atoms with Crippen LogP contribution in [0.25, 0.3) is 0 Å². The maximum atomic E-state index is 12.3. The Bertz CT molecular complexity index is 551. The molecule has 1 aliphatic heterocycles. The van der Waals surface area contributed by atoms with Gasteiger partial charge in [0, 0.05) is 32.2 Å². The molecule has 132 valence electrons. The molecule has 1 saturated carbocycles. The second kappa shape index (κ2) is 7.99. The van der Waals surface area contributed by atoms with E-state index in [1.54, 1.807) is 7.11 Å². The van der Waals surface area contributed by atoms with Gasteiger partial charge in [0.15, 0.2) is 0 Å². The number of ether oxygens (including phenoxy) is 1. The van der Waals surface area contributed by atoms with Gasteiger partial charge >= 0.3 is 0 Å². The average molecular weight is 331 g/mol. The third kappa shape index (κ3) is 4.48. The minimum Gasteiger partial charge on any atom is -0.497 e. The van der Waals surface area contributed by atoms with E-state index in [2.05, 4.69) is 29.3 Å². The van der Waals surface area contributed by atoms with E-state index in [1.807, 2.05) is 17.0 Å². The summed E-state index contributed by atoms with van der Waals surface area (Å²) in [5, 5.41) is 3.30. The zero-order valence-electron chi connectivity index (χ0n) is 14.8. The van der Waals surface area contributed by atoms with Crippen LogP contribution in [0.15, 0.2) is 24.3 Å². The van der Waals surface area contributed by atoms with Gasteiger partial charge in [-0.2, -0.15) is 0 Å². The highest BCUT2D eigenvalue weighted by molar-refractivity contribution is 5.78. The second-order valence-electron chi connectivity index (χ2n) is 6.94. The van der Waals surface area contributed by atoms with Gasteiger partial charge < -0.3 is 15.0 Å². The van der Waals surface area contributed by atoms with Gasteiger partial charge in [0.25, 0.3) is 0 Å². The first-order chi connectivity index (χ1) is 11.7. The molecule has 5 nitrogen and oxygen atoms in total. The Morgan fingerprint density at radius 1 is 1.29 bits per heavy atom. The molecule has 1 atom stereocenters. The highest BCUT2D eigenvalue weighted by Gasteiger charge is 2.25. The smallest absolute Gasteiger partial charge is 0.236 e. The molecular weight excluding hydrogens is 302 g/mol. The van der Waals surface area contributed by atoms with Crippen LogP contribution < -0.4 is 10.1 Å². The van der Waals surface area contributed by atoms with Crippen molar-refractivity contribution in [2.75, 3.05) is 46.4 Å². The summed E-state index contributed by atoms with van der Waals surface area (Å²) in [6, 6.07) is 8.60. The topological polar surface area (TPSA) is 44.8 Å². The lowest BCUT2D eigenvalue weighted by Gasteiger charge is -2.38. The van der Waals surface area contributed by atoms with Crippen molar-refractivity contribution in [3.05, 3.63) is 29.8 Å². The standard InChI is InChI=1S/C19H29N3O2/c1-15(17-4-3-5-18(12-17)24-2)21-8-10-22(11-9-21)19(23)14-20-13-16-6-7-16/h3-5,12,15-16,20H,6-11,13-14H2,1-2H3. The molecule has 0 spiro atoms. The van der Waals surface area contributed by atoms with Crippen LogP contribution in [0.2, 0.25) is 0 Å². The van der Waals surface area contributed by atoms with Crippen LogP contribution in [0.3, 0.4) is 0 Å². The van der Waals surface area contributed by atoms with Gasteiger partial charge in [0.2, 0.25) is 5.91 Å². The summed E-state index contributed by atoms with van der Waals surface area (Å²) in [7, 11) is 1.70. The SMILES string of the molecule is COc1cccc(C(C)N2CCN(C(=O)CNCC3CC3)CC2)c1. The van der Waals surface area contributed by atoms with E-state index in [1.165, 1.54) is 18.4 Å². The van der Waals surface area contributed by atoms with Crippen LogP contribution in [-0.2, 0) is 4.79 Å². The van der Waals surface area contributed by atoms with Crippen molar-refractivity contribution in [3.63, 3.8) is 0 Å². The summed E-state index contributed by atoms with van der Waals surface area (Å²) in [6.07, 6.45) is 2.64. The van der Waals surface area contributed by atoms with Gasteiger partial charge in [0.05, 0.1) is 13.7 Å². The predicted molar refractivity (Wildman–Crippen MR) is 95.2 cm³/mol. The van der Waals surface area contributed by atoms with E-state index in [0.717, 1.165) is 44.4 Å². The van der Waals surface area contributed by atoms with Crippen LogP contribution in [0.4, 0.5) is 0 Å². The minimum absolute atomic E-state index is 0.240. The van der Waals surface area contributed by atoms with Crippen LogP contribution in [0.5, 0.6) is 5.75 Å². The molecule has 1 aliphatic carbocycles. The van der Waals surface area contributed by atoms with Crippen molar-refractivity contribution in [1.82, 2.24) is 15.1 Å². The van der Waals surface area contributed by atoms with Gasteiger partial charge in [-0.15, -0.1) is 0 Å². The molecule has 0 bridgehead atoms. The minimum atomic E-state index is 0.240. The van der Waals surface area contributed by atoms with Crippen LogP contribution in [-0.4, -0.2) is 62.1 Å². The maximum absolute atomic E-state index is 12.3. The number of nitrogens with zero attached hydrogens (tertiary/aromatic N) is 2. The summed E-state index contributed by atoms with van der Waals surface area (Å²) < 4.78 is 5.32. The highest BCUT2D eigenvalue weighted by Crippen LogP contribution is 2.27. The van der Waals surface area contributed by atoms with Crippen LogP contribution >= 0.6 is 0 Å². The van der Waals surface area contributed by atoms with Gasteiger partial charge in [0.1, 0.15) is 5.75 Å². The molecule has 3 rings (SSSR count). The number of nitrogens with one attached hydrogen (secondary N) is 1. The Labute approximate surface area is 145 Å². The van der Waals surface area contributed by atoms with E-state index in [-0.39, 0.29) is 5.91 Å². The Morgan fingerprint density at radius 2 is 2.04 bits per heavy atom. The van der Waals surface area contributed by atoms with Crippen molar-refractivity contribution < 1.29 is 9.53 Å². The van der Waals surface area contributed by atoms with Crippen molar-refractivity contribution >= 4 is 5.91 Å². The van der Waals surface area contributed by atoms with E-state index < -0.39 is 0 Å². The quantitative estimate of drug-likeness (QED) is 0.829. The van der Waals surface area contributed by atoms with Crippen molar-refractivity contribution in [2.24, 2.45) is 5.92 Å². The molecule has 1 aromatic rings. The number of hydrogen-bond donors (Lipinski definition) is 1. The van der Waals surface area contributed by atoms with Crippen LogP contribution in [0, 0.1) is 5.92 Å². The number of piperazine rings is 1. The number of methoxy groups -OCH3 is 1. The first-order valence-corrected chi connectivity index (χ1v) is 9.04. The van der Waals surface area contributed by atoms with Gasteiger partial charge in [-0.3, -0.25) is 9.69 Å². The number of amides is 1. The van der Waals surface area contributed by atoms with E-state index in [0.29, 0.717) is 12.6 Å². The third-order valence-electron chi connectivity index (χ3n) is 5.20. The van der Waals surface area contributed by atoms with Crippen molar-refractivity contribution in [3.8, 4) is 5.75 Å². The van der Waals surface area contributed by atoms with Crippen molar-refractivity contribution in [2.45, 2.75) is 25.8 Å². The number of benzene rings is 1. The number of rotatable bonds is 7. The Kier molecular flexibility index (Phi) is 5.74. The molecule has 5 heteroatoms. The summed E-state index contributed by atoms with van der Waals surface area (Å²) in [5.74, 6) is 1.96. The fourth-order valence-electron chi connectivity index (χ4n) is 3.29. The first kappa shape index (κ1) is 17.2. The fraction of sp³-hybridized carbons (Fsp3) is 0.632. The molecular formula is C19H29N3O2. The largest absolute Gasteiger partial charge is 0.497 e. The number of carbonyl (C=O) groups excluding carboxylic acids is 1. The molecule has 1 saturated heterocycles. The summed E-state index contributed by atoms with van der Waals surface area (Å²) in [5.41, 5.74) is 1.26. The lowest BCUT2D eigenvalue weighted by Crippen LogP contribution is -2.51. The summed E-state index contributed by atoms with van der Waals surface area (Å²) in [6.45, 7) is 7.19. The van der Waals surface area contributed by atoms with Gasteiger partial charge in [-0.1, -0.05) is 12.1 Å². The van der Waals surface area contributed by atoms with Gasteiger partial charge in [-0.25, -0.2) is 0 Å². The van der Waals surface area contributed by atoms with Gasteiger partial charge in [-0.05, 0) is 49.9 Å². The number of carbonyl (C=O) groups is 1. The molecule has 1 unspecified atom stereocenters. The lowest BCUT2D eigenvalue weighted by atomic mass is 10.1. The molecule has 1 heterocycles. The molecule has 2 aliphatic rings. The molecule has 2 fully saturated rings. The Balaban J connectivity index is 1.45. The van der Waals surface area contributed by atoms with E-state index in [9.17, 15) is 4.79 Å². The van der Waals surface area contributed by atoms with E-state index >= 15 is 0 Å². The third-order valence-corrected chi connectivity index (χ3v) is 5.20. The van der Waals surface area contributed by atoms with Crippen molar-refractivity contribution in [1.29, 1.82) is 0 Å². The highest BCUT2D eigenvalue weighted by atomic mass is 16.5. The lowest BCUT2D eigenvalue weighted by molar-refractivity contribution is -0.132. The molecule has 1 N–H and O–H groups in total. The Hall–Kier alpha value is -1.59. The molecule has 0 radical (unpaired) electrons. The zero-order chi connectivity index (χ0) is 16.9. The molecule has 24 heavy (non-hydrogen) atoms. The second-order valence-corrected chi connectivity index (χ2v) is 6.94. The Morgan fingerprint density at radius 3 is 2.71 bits per heavy atom. The average Bonchev–Trinajstić information content (AvgIpc) is 3.45. The summed E-state index contributed by atoms with van der Waals surface area (Å²) in [4.78, 5) is 16.7. The molecule has 1 amide bonds. The maximum Gasteiger partial charge on any atom is 0.236 e. The summed E-state index contributed by atoms with van der Waals surface area (Å²) >= 11 is 0. The predicted octanol–water partition coefficient (Wildman–Crippen LogP) is 1.90.